The molecule has 0 spiro atoms. The molecule has 7 nitrogen and oxygen atoms in total. The third-order valence-corrected chi connectivity index (χ3v) is 4.82. The van der Waals surface area contributed by atoms with Gasteiger partial charge in [-0.15, -0.1) is 0 Å². The van der Waals surface area contributed by atoms with Crippen LogP contribution in [0.5, 0.6) is 5.75 Å². The zero-order valence-electron chi connectivity index (χ0n) is 14.9. The molecule has 1 aromatic carbocycles. The van der Waals surface area contributed by atoms with Crippen molar-refractivity contribution in [2.24, 2.45) is 0 Å². The molecular formula is C19H23N5O2. The molecule has 2 aromatic rings. The van der Waals surface area contributed by atoms with Crippen molar-refractivity contribution < 1.29 is 9.53 Å². The second-order valence-corrected chi connectivity index (χ2v) is 6.68. The summed E-state index contributed by atoms with van der Waals surface area (Å²) in [4.78, 5) is 25.3. The van der Waals surface area contributed by atoms with Crippen LogP contribution in [0.1, 0.15) is 23.3 Å². The number of methoxy groups -OCH3 is 1. The molecule has 1 aliphatic carbocycles. The molecule has 136 valence electrons. The summed E-state index contributed by atoms with van der Waals surface area (Å²) in [6.07, 6.45) is 5.40. The van der Waals surface area contributed by atoms with E-state index in [0.717, 1.165) is 50.6 Å². The van der Waals surface area contributed by atoms with Crippen molar-refractivity contribution in [1.82, 2.24) is 15.3 Å². The number of anilines is 2. The van der Waals surface area contributed by atoms with E-state index in [2.05, 4.69) is 37.2 Å². The molecule has 1 aliphatic heterocycles. The van der Waals surface area contributed by atoms with Crippen molar-refractivity contribution in [1.29, 1.82) is 0 Å². The van der Waals surface area contributed by atoms with Crippen molar-refractivity contribution in [3.8, 4) is 5.75 Å². The predicted molar refractivity (Wildman–Crippen MR) is 99.9 cm³/mol. The van der Waals surface area contributed by atoms with Gasteiger partial charge >= 0.3 is 0 Å². The number of rotatable bonds is 5. The Morgan fingerprint density at radius 3 is 2.31 bits per heavy atom. The lowest BCUT2D eigenvalue weighted by atomic mass is 10.2. The first kappa shape index (κ1) is 16.6. The highest BCUT2D eigenvalue weighted by Gasteiger charge is 2.25. The van der Waals surface area contributed by atoms with Crippen LogP contribution in [0.4, 0.5) is 11.5 Å². The number of aromatic nitrogens is 2. The van der Waals surface area contributed by atoms with Gasteiger partial charge in [0, 0.05) is 37.9 Å². The molecule has 0 atom stereocenters. The van der Waals surface area contributed by atoms with E-state index in [0.29, 0.717) is 11.7 Å². The molecule has 7 heteroatoms. The highest BCUT2D eigenvalue weighted by Crippen LogP contribution is 2.22. The van der Waals surface area contributed by atoms with Crippen molar-refractivity contribution in [3.63, 3.8) is 0 Å². The summed E-state index contributed by atoms with van der Waals surface area (Å²) < 4.78 is 5.21. The van der Waals surface area contributed by atoms with Crippen LogP contribution in [0, 0.1) is 0 Å². The Balaban J connectivity index is 1.34. The summed E-state index contributed by atoms with van der Waals surface area (Å²) in [5, 5.41) is 2.93. The third kappa shape index (κ3) is 3.71. The Hall–Kier alpha value is -2.83. The van der Waals surface area contributed by atoms with E-state index in [9.17, 15) is 4.79 Å². The van der Waals surface area contributed by atoms with E-state index in [1.54, 1.807) is 19.5 Å². The number of hydrogen-bond acceptors (Lipinski definition) is 6. The number of carbonyl (C=O) groups excluding carboxylic acids is 1. The molecule has 0 bridgehead atoms. The minimum atomic E-state index is -0.129. The normalized spacial score (nSPS) is 17.1. The van der Waals surface area contributed by atoms with Crippen LogP contribution in [-0.4, -0.2) is 55.2 Å². The summed E-state index contributed by atoms with van der Waals surface area (Å²) in [6, 6.07) is 8.47. The van der Waals surface area contributed by atoms with Gasteiger partial charge in [-0.25, -0.2) is 9.97 Å². The fraction of sp³-hybridized carbons (Fsp3) is 0.421. The second kappa shape index (κ2) is 7.19. The Morgan fingerprint density at radius 2 is 1.73 bits per heavy atom. The van der Waals surface area contributed by atoms with Gasteiger partial charge in [-0.2, -0.15) is 0 Å². The van der Waals surface area contributed by atoms with Gasteiger partial charge in [0.05, 0.1) is 19.5 Å². The molecule has 1 saturated carbocycles. The molecule has 1 aromatic heterocycles. The van der Waals surface area contributed by atoms with Gasteiger partial charge in [-0.3, -0.25) is 4.79 Å². The SMILES string of the molecule is COc1ccc(N2CCN(c3cnc(C(=O)NC4CC4)cn3)CC2)cc1. The number of hydrogen-bond donors (Lipinski definition) is 1. The molecule has 2 aliphatic rings. The van der Waals surface area contributed by atoms with Crippen LogP contribution < -0.4 is 19.9 Å². The summed E-state index contributed by atoms with van der Waals surface area (Å²) in [5.74, 6) is 1.56. The number of piperazine rings is 1. The highest BCUT2D eigenvalue weighted by molar-refractivity contribution is 5.92. The van der Waals surface area contributed by atoms with Crippen LogP contribution in [0.15, 0.2) is 36.7 Å². The molecular weight excluding hydrogens is 330 g/mol. The third-order valence-electron chi connectivity index (χ3n) is 4.82. The number of ether oxygens (including phenoxy) is 1. The molecule has 1 N–H and O–H groups in total. The van der Waals surface area contributed by atoms with Gasteiger partial charge in [0.15, 0.2) is 0 Å². The fourth-order valence-electron chi connectivity index (χ4n) is 3.08. The van der Waals surface area contributed by atoms with Crippen LogP contribution in [-0.2, 0) is 0 Å². The Kier molecular flexibility index (Phi) is 4.60. The van der Waals surface area contributed by atoms with Gasteiger partial charge in [-0.1, -0.05) is 0 Å². The van der Waals surface area contributed by atoms with Crippen molar-refractivity contribution in [2.45, 2.75) is 18.9 Å². The lowest BCUT2D eigenvalue weighted by Gasteiger charge is -2.36. The molecule has 1 saturated heterocycles. The standard InChI is InChI=1S/C19H23N5O2/c1-26-16-6-4-15(5-7-16)23-8-10-24(11-9-23)18-13-20-17(12-21-18)19(25)22-14-2-3-14/h4-7,12-14H,2-3,8-11H2,1H3,(H,22,25). The number of nitrogens with one attached hydrogen (secondary N) is 1. The maximum atomic E-state index is 12.0. The summed E-state index contributed by atoms with van der Waals surface area (Å²) in [6.45, 7) is 3.57. The summed E-state index contributed by atoms with van der Waals surface area (Å²) in [5.41, 5.74) is 1.58. The molecule has 1 amide bonds. The highest BCUT2D eigenvalue weighted by atomic mass is 16.5. The number of nitrogens with zero attached hydrogens (tertiary/aromatic N) is 4. The Morgan fingerprint density at radius 1 is 1.04 bits per heavy atom. The van der Waals surface area contributed by atoms with Crippen LogP contribution in [0.3, 0.4) is 0 Å². The van der Waals surface area contributed by atoms with Gasteiger partial charge in [-0.05, 0) is 37.1 Å². The van der Waals surface area contributed by atoms with Crippen LogP contribution >= 0.6 is 0 Å². The van der Waals surface area contributed by atoms with Gasteiger partial charge in [0.25, 0.3) is 5.91 Å². The second-order valence-electron chi connectivity index (χ2n) is 6.68. The number of carbonyl (C=O) groups is 1. The first-order valence-electron chi connectivity index (χ1n) is 9.00. The Labute approximate surface area is 153 Å². The maximum Gasteiger partial charge on any atom is 0.271 e. The fourth-order valence-corrected chi connectivity index (χ4v) is 3.08. The predicted octanol–water partition coefficient (Wildman–Crippen LogP) is 1.70. The first-order valence-corrected chi connectivity index (χ1v) is 9.00. The minimum absolute atomic E-state index is 0.129. The number of benzene rings is 1. The first-order chi connectivity index (χ1) is 12.7. The molecule has 26 heavy (non-hydrogen) atoms. The van der Waals surface area contributed by atoms with E-state index in [4.69, 9.17) is 4.74 Å². The molecule has 2 fully saturated rings. The maximum absolute atomic E-state index is 12.0. The average Bonchev–Trinajstić information content (AvgIpc) is 3.52. The van der Waals surface area contributed by atoms with E-state index in [-0.39, 0.29) is 5.91 Å². The quantitative estimate of drug-likeness (QED) is 0.882. The van der Waals surface area contributed by atoms with Crippen LogP contribution in [0.25, 0.3) is 0 Å². The zero-order chi connectivity index (χ0) is 17.9. The van der Waals surface area contributed by atoms with Gasteiger partial charge < -0.3 is 19.9 Å². The Bertz CT molecular complexity index is 751. The number of amides is 1. The van der Waals surface area contributed by atoms with E-state index < -0.39 is 0 Å². The molecule has 0 radical (unpaired) electrons. The van der Waals surface area contributed by atoms with E-state index in [1.165, 1.54) is 5.69 Å². The smallest absolute Gasteiger partial charge is 0.271 e. The lowest BCUT2D eigenvalue weighted by molar-refractivity contribution is 0.0945. The zero-order valence-corrected chi connectivity index (χ0v) is 14.9. The van der Waals surface area contributed by atoms with Crippen LogP contribution in [0.2, 0.25) is 0 Å². The van der Waals surface area contributed by atoms with Gasteiger partial charge in [0.1, 0.15) is 17.3 Å². The van der Waals surface area contributed by atoms with E-state index >= 15 is 0 Å². The average molecular weight is 353 g/mol. The van der Waals surface area contributed by atoms with Gasteiger partial charge in [0.2, 0.25) is 0 Å². The monoisotopic (exact) mass is 353 g/mol. The largest absolute Gasteiger partial charge is 0.497 e. The molecule has 2 heterocycles. The lowest BCUT2D eigenvalue weighted by Crippen LogP contribution is -2.46. The van der Waals surface area contributed by atoms with E-state index in [1.807, 2.05) is 12.1 Å². The minimum Gasteiger partial charge on any atom is -0.497 e. The molecule has 4 rings (SSSR count). The molecule has 0 unspecified atom stereocenters. The van der Waals surface area contributed by atoms with Crippen molar-refractivity contribution in [3.05, 3.63) is 42.4 Å². The van der Waals surface area contributed by atoms with Crippen molar-refractivity contribution in [2.75, 3.05) is 43.1 Å². The summed E-state index contributed by atoms with van der Waals surface area (Å²) >= 11 is 0. The topological polar surface area (TPSA) is 70.6 Å². The summed E-state index contributed by atoms with van der Waals surface area (Å²) in [7, 11) is 1.68. The van der Waals surface area contributed by atoms with Crippen molar-refractivity contribution >= 4 is 17.4 Å².